The van der Waals surface area contributed by atoms with Gasteiger partial charge in [-0.25, -0.2) is 4.79 Å². The van der Waals surface area contributed by atoms with E-state index in [1.807, 2.05) is 25.1 Å². The Labute approximate surface area is 168 Å². The maximum atomic E-state index is 12.8. The van der Waals surface area contributed by atoms with Crippen LogP contribution in [0.4, 0.5) is 10.5 Å². The van der Waals surface area contributed by atoms with E-state index in [0.29, 0.717) is 17.2 Å². The summed E-state index contributed by atoms with van der Waals surface area (Å²) in [5.41, 5.74) is 2.51. The van der Waals surface area contributed by atoms with E-state index in [1.165, 1.54) is 4.90 Å². The van der Waals surface area contributed by atoms with Crippen LogP contribution in [0.2, 0.25) is 0 Å². The maximum Gasteiger partial charge on any atom is 0.332 e. The number of hydrogen-bond acceptors (Lipinski definition) is 5. The largest absolute Gasteiger partial charge is 0.454 e. The van der Waals surface area contributed by atoms with Gasteiger partial charge in [-0.2, -0.15) is 0 Å². The normalized spacial score (nSPS) is 17.8. The van der Waals surface area contributed by atoms with Gasteiger partial charge < -0.3 is 14.8 Å². The van der Waals surface area contributed by atoms with Crippen LogP contribution in [0.15, 0.2) is 42.5 Å². The monoisotopic (exact) mass is 395 g/mol. The number of imide groups is 1. The molecule has 1 N–H and O–H groups in total. The van der Waals surface area contributed by atoms with Crippen molar-refractivity contribution < 1.29 is 23.9 Å². The zero-order valence-corrected chi connectivity index (χ0v) is 16.2. The lowest BCUT2D eigenvalue weighted by molar-refractivity contribution is -0.131. The SMILES string of the molecule is Cc1ccc(N2C(=O)N(CC(=O)NCc3ccc4c(c3)OCO4)C(=O)[C@@H]2C)cc1. The molecule has 29 heavy (non-hydrogen) atoms. The fraction of sp³-hybridized carbons (Fsp3) is 0.286. The van der Waals surface area contributed by atoms with Crippen molar-refractivity contribution in [2.45, 2.75) is 26.4 Å². The highest BCUT2D eigenvalue weighted by Gasteiger charge is 2.43. The third-order valence-electron chi connectivity index (χ3n) is 4.99. The van der Waals surface area contributed by atoms with E-state index in [4.69, 9.17) is 9.47 Å². The van der Waals surface area contributed by atoms with E-state index in [2.05, 4.69) is 5.32 Å². The van der Waals surface area contributed by atoms with Crippen molar-refractivity contribution >= 4 is 23.5 Å². The lowest BCUT2D eigenvalue weighted by Crippen LogP contribution is -2.41. The van der Waals surface area contributed by atoms with Crippen LogP contribution in [0.5, 0.6) is 11.5 Å². The summed E-state index contributed by atoms with van der Waals surface area (Å²) in [4.78, 5) is 40.1. The van der Waals surface area contributed by atoms with Gasteiger partial charge >= 0.3 is 6.03 Å². The summed E-state index contributed by atoms with van der Waals surface area (Å²) in [6, 6.07) is 11.6. The first kappa shape index (κ1) is 18.8. The van der Waals surface area contributed by atoms with E-state index >= 15 is 0 Å². The first-order valence-corrected chi connectivity index (χ1v) is 9.30. The summed E-state index contributed by atoms with van der Waals surface area (Å²) in [5.74, 6) is 0.485. The third-order valence-corrected chi connectivity index (χ3v) is 4.99. The Morgan fingerprint density at radius 2 is 1.83 bits per heavy atom. The number of benzene rings is 2. The molecule has 0 aromatic heterocycles. The average molecular weight is 395 g/mol. The zero-order valence-electron chi connectivity index (χ0n) is 16.2. The van der Waals surface area contributed by atoms with Crippen molar-refractivity contribution in [1.82, 2.24) is 10.2 Å². The van der Waals surface area contributed by atoms with Crippen LogP contribution in [-0.4, -0.2) is 42.1 Å². The van der Waals surface area contributed by atoms with Crippen molar-refractivity contribution in [2.75, 3.05) is 18.2 Å². The quantitative estimate of drug-likeness (QED) is 0.784. The van der Waals surface area contributed by atoms with E-state index in [9.17, 15) is 14.4 Å². The number of aryl methyl sites for hydroxylation is 1. The van der Waals surface area contributed by atoms with Gasteiger partial charge in [-0.15, -0.1) is 0 Å². The van der Waals surface area contributed by atoms with Crippen LogP contribution in [0.25, 0.3) is 0 Å². The van der Waals surface area contributed by atoms with Crippen LogP contribution in [0.3, 0.4) is 0 Å². The van der Waals surface area contributed by atoms with Gasteiger partial charge in [0.15, 0.2) is 11.5 Å². The van der Waals surface area contributed by atoms with Gasteiger partial charge in [0.05, 0.1) is 0 Å². The predicted molar refractivity (Wildman–Crippen MR) is 105 cm³/mol. The summed E-state index contributed by atoms with van der Waals surface area (Å²) in [6.45, 7) is 3.71. The Kier molecular flexibility index (Phi) is 4.84. The summed E-state index contributed by atoms with van der Waals surface area (Å²) in [5, 5.41) is 2.74. The number of urea groups is 1. The molecule has 2 heterocycles. The number of nitrogens with one attached hydrogen (secondary N) is 1. The minimum absolute atomic E-state index is 0.181. The first-order chi connectivity index (χ1) is 13.9. The van der Waals surface area contributed by atoms with Crippen molar-refractivity contribution in [1.29, 1.82) is 0 Å². The molecule has 0 saturated carbocycles. The zero-order chi connectivity index (χ0) is 20.5. The van der Waals surface area contributed by atoms with Crippen LogP contribution in [-0.2, 0) is 16.1 Å². The van der Waals surface area contributed by atoms with Gasteiger partial charge in [-0.3, -0.25) is 19.4 Å². The van der Waals surface area contributed by atoms with Crippen LogP contribution >= 0.6 is 0 Å². The number of ether oxygens (including phenoxy) is 2. The Hall–Kier alpha value is -3.55. The molecule has 1 atom stereocenters. The summed E-state index contributed by atoms with van der Waals surface area (Å²) >= 11 is 0. The number of nitrogens with zero attached hydrogens (tertiary/aromatic N) is 2. The number of amides is 4. The molecule has 8 nitrogen and oxygen atoms in total. The average Bonchev–Trinajstić information content (AvgIpc) is 3.26. The molecule has 2 aliphatic heterocycles. The predicted octanol–water partition coefficient (Wildman–Crippen LogP) is 2.20. The minimum Gasteiger partial charge on any atom is -0.454 e. The fourth-order valence-electron chi connectivity index (χ4n) is 3.36. The second kappa shape index (κ2) is 7.46. The van der Waals surface area contributed by atoms with E-state index in [1.54, 1.807) is 31.2 Å². The third kappa shape index (κ3) is 3.61. The highest BCUT2D eigenvalue weighted by Crippen LogP contribution is 2.32. The Bertz CT molecular complexity index is 973. The van der Waals surface area contributed by atoms with Crippen molar-refractivity contribution in [3.63, 3.8) is 0 Å². The highest BCUT2D eigenvalue weighted by molar-refractivity contribution is 6.15. The second-order valence-electron chi connectivity index (χ2n) is 7.05. The number of hydrogen-bond donors (Lipinski definition) is 1. The van der Waals surface area contributed by atoms with Crippen LogP contribution in [0, 0.1) is 6.92 Å². The van der Waals surface area contributed by atoms with Crippen molar-refractivity contribution in [3.05, 3.63) is 53.6 Å². The Morgan fingerprint density at radius 1 is 1.10 bits per heavy atom. The molecule has 0 aliphatic carbocycles. The van der Waals surface area contributed by atoms with E-state index < -0.39 is 23.9 Å². The lowest BCUT2D eigenvalue weighted by atomic mass is 10.2. The van der Waals surface area contributed by atoms with Gasteiger partial charge in [0.25, 0.3) is 5.91 Å². The molecule has 0 radical (unpaired) electrons. The number of fused-ring (bicyclic) bond motifs is 1. The van der Waals surface area contributed by atoms with Gasteiger partial charge in [-0.05, 0) is 43.7 Å². The first-order valence-electron chi connectivity index (χ1n) is 9.30. The van der Waals surface area contributed by atoms with Crippen LogP contribution in [0.1, 0.15) is 18.1 Å². The smallest absolute Gasteiger partial charge is 0.332 e. The van der Waals surface area contributed by atoms with Crippen LogP contribution < -0.4 is 19.7 Å². The molecular formula is C21H21N3O5. The van der Waals surface area contributed by atoms with Crippen molar-refractivity contribution in [2.24, 2.45) is 0 Å². The summed E-state index contributed by atoms with van der Waals surface area (Å²) in [6.07, 6.45) is 0. The number of carbonyl (C=O) groups excluding carboxylic acids is 3. The van der Waals surface area contributed by atoms with Gasteiger partial charge in [0.1, 0.15) is 12.6 Å². The molecule has 8 heteroatoms. The Morgan fingerprint density at radius 3 is 2.59 bits per heavy atom. The van der Waals surface area contributed by atoms with Gasteiger partial charge in [0, 0.05) is 12.2 Å². The summed E-state index contributed by atoms with van der Waals surface area (Å²) < 4.78 is 10.6. The topological polar surface area (TPSA) is 88.2 Å². The molecule has 150 valence electrons. The molecule has 2 aliphatic rings. The second-order valence-corrected chi connectivity index (χ2v) is 7.05. The molecule has 0 spiro atoms. The highest BCUT2D eigenvalue weighted by atomic mass is 16.7. The molecule has 0 unspecified atom stereocenters. The molecule has 0 bridgehead atoms. The minimum atomic E-state index is -0.660. The van der Waals surface area contributed by atoms with Gasteiger partial charge in [-0.1, -0.05) is 23.8 Å². The standard InChI is InChI=1S/C21H21N3O5/c1-13-3-6-16(7-4-13)24-14(2)20(26)23(21(24)27)11-19(25)22-10-15-5-8-17-18(9-15)29-12-28-17/h3-9,14H,10-12H2,1-2H3,(H,22,25)/t14-/m0/s1. The van der Waals surface area contributed by atoms with Crippen molar-refractivity contribution in [3.8, 4) is 11.5 Å². The number of carbonyl (C=O) groups is 3. The number of rotatable bonds is 5. The summed E-state index contributed by atoms with van der Waals surface area (Å²) in [7, 11) is 0. The van der Waals surface area contributed by atoms with E-state index in [0.717, 1.165) is 16.0 Å². The van der Waals surface area contributed by atoms with E-state index in [-0.39, 0.29) is 19.9 Å². The molecule has 4 amide bonds. The lowest BCUT2D eigenvalue weighted by Gasteiger charge is -2.19. The van der Waals surface area contributed by atoms with Gasteiger partial charge in [0.2, 0.25) is 12.7 Å². The molecular weight excluding hydrogens is 374 g/mol. The fourth-order valence-corrected chi connectivity index (χ4v) is 3.36. The maximum absolute atomic E-state index is 12.8. The molecule has 1 saturated heterocycles. The molecule has 2 aromatic carbocycles. The molecule has 4 rings (SSSR count). The Balaban J connectivity index is 1.39. The molecule has 2 aromatic rings. The number of anilines is 1. The molecule has 1 fully saturated rings.